The van der Waals surface area contributed by atoms with Crippen LogP contribution in [-0.4, -0.2) is 30.5 Å². The maximum Gasteiger partial charge on any atom is 0.300 e. The zero-order chi connectivity index (χ0) is 7.82. The van der Waals surface area contributed by atoms with Gasteiger partial charge in [-0.3, -0.25) is 9.79 Å². The highest BCUT2D eigenvalue weighted by atomic mass is 16.4. The molecule has 2 N–H and O–H groups in total. The third kappa shape index (κ3) is 10.0. The van der Waals surface area contributed by atoms with Gasteiger partial charge in [0.2, 0.25) is 0 Å². The topological polar surface area (TPSA) is 61.7 Å². The number of carboxylic acid groups (broad SMARTS) is 1. The van der Waals surface area contributed by atoms with E-state index >= 15 is 0 Å². The highest BCUT2D eigenvalue weighted by Crippen LogP contribution is 1.79. The summed E-state index contributed by atoms with van der Waals surface area (Å²) in [6.45, 7) is 3.19. The summed E-state index contributed by atoms with van der Waals surface area (Å²) in [6, 6.07) is 0. The second-order valence-electron chi connectivity index (χ2n) is 1.86. The van der Waals surface area contributed by atoms with Crippen LogP contribution in [0.5, 0.6) is 0 Å². The zero-order valence-electron chi connectivity index (χ0n) is 6.00. The zero-order valence-corrected chi connectivity index (χ0v) is 6.00. The molecule has 1 rings (SSSR count). The Balaban J connectivity index is 0.000000180. The Morgan fingerprint density at radius 2 is 2.40 bits per heavy atom. The summed E-state index contributed by atoms with van der Waals surface area (Å²) in [5, 5.41) is 10.4. The second kappa shape index (κ2) is 6.07. The Morgan fingerprint density at radius 1 is 1.80 bits per heavy atom. The average molecular weight is 144 g/mol. The summed E-state index contributed by atoms with van der Waals surface area (Å²) < 4.78 is 0. The quantitative estimate of drug-likeness (QED) is 0.507. The van der Waals surface area contributed by atoms with Gasteiger partial charge in [-0.25, -0.2) is 0 Å². The van der Waals surface area contributed by atoms with E-state index in [2.05, 4.69) is 10.3 Å². The van der Waals surface area contributed by atoms with Crippen LogP contribution < -0.4 is 5.32 Å². The van der Waals surface area contributed by atoms with E-state index in [1.807, 2.05) is 0 Å². The van der Waals surface area contributed by atoms with Gasteiger partial charge in [0.1, 0.15) is 0 Å². The van der Waals surface area contributed by atoms with Gasteiger partial charge < -0.3 is 10.4 Å². The van der Waals surface area contributed by atoms with Crippen molar-refractivity contribution in [3.05, 3.63) is 0 Å². The normalized spacial score (nSPS) is 14.5. The van der Waals surface area contributed by atoms with Gasteiger partial charge in [-0.1, -0.05) is 0 Å². The monoisotopic (exact) mass is 144 g/mol. The maximum absolute atomic E-state index is 9.00. The molecule has 1 aliphatic rings. The Labute approximate surface area is 60.0 Å². The third-order valence-corrected chi connectivity index (χ3v) is 0.791. The van der Waals surface area contributed by atoms with Crippen LogP contribution in [0.15, 0.2) is 4.99 Å². The van der Waals surface area contributed by atoms with Crippen molar-refractivity contribution in [1.29, 1.82) is 0 Å². The van der Waals surface area contributed by atoms with Gasteiger partial charge in [0.05, 0.1) is 6.34 Å². The second-order valence-corrected chi connectivity index (χ2v) is 1.86. The van der Waals surface area contributed by atoms with E-state index in [0.29, 0.717) is 0 Å². The minimum atomic E-state index is -0.833. The minimum Gasteiger partial charge on any atom is -0.481 e. The summed E-state index contributed by atoms with van der Waals surface area (Å²) in [7, 11) is 0. The van der Waals surface area contributed by atoms with E-state index in [9.17, 15) is 0 Å². The lowest BCUT2D eigenvalue weighted by Gasteiger charge is -2.01. The van der Waals surface area contributed by atoms with Crippen LogP contribution in [0.3, 0.4) is 0 Å². The Bertz CT molecular complexity index is 111. The number of aliphatic carboxylic acids is 1. The van der Waals surface area contributed by atoms with Crippen molar-refractivity contribution < 1.29 is 9.90 Å². The molecule has 0 unspecified atom stereocenters. The van der Waals surface area contributed by atoms with Crippen molar-refractivity contribution in [3.8, 4) is 0 Å². The molecule has 0 saturated heterocycles. The smallest absolute Gasteiger partial charge is 0.300 e. The molecule has 1 heterocycles. The van der Waals surface area contributed by atoms with Gasteiger partial charge in [0, 0.05) is 20.0 Å². The molecule has 0 saturated carbocycles. The van der Waals surface area contributed by atoms with Crippen LogP contribution in [0.4, 0.5) is 0 Å². The standard InChI is InChI=1S/C4H8N2.C2H4O2/c1-2-5-4-6-3-1;1-2(3)4/h4H,1-3H2,(H,5,6);1H3,(H,3,4). The predicted octanol–water partition coefficient (Wildman–Crippen LogP) is 0.0989. The lowest BCUT2D eigenvalue weighted by atomic mass is 10.4. The summed E-state index contributed by atoms with van der Waals surface area (Å²) in [6.07, 6.45) is 2.96. The number of nitrogens with zero attached hydrogens (tertiary/aromatic N) is 1. The van der Waals surface area contributed by atoms with Crippen LogP contribution >= 0.6 is 0 Å². The third-order valence-electron chi connectivity index (χ3n) is 0.791. The first-order valence-electron chi connectivity index (χ1n) is 3.14. The molecular formula is C6H12N2O2. The van der Waals surface area contributed by atoms with Crippen molar-refractivity contribution in [1.82, 2.24) is 5.32 Å². The Hall–Kier alpha value is -1.06. The number of rotatable bonds is 0. The Kier molecular flexibility index (Phi) is 5.42. The van der Waals surface area contributed by atoms with E-state index in [4.69, 9.17) is 9.90 Å². The van der Waals surface area contributed by atoms with Crippen LogP contribution in [-0.2, 0) is 4.79 Å². The molecular weight excluding hydrogens is 132 g/mol. The first kappa shape index (κ1) is 8.94. The van der Waals surface area contributed by atoms with Gasteiger partial charge in [-0.05, 0) is 6.42 Å². The molecule has 0 bridgehead atoms. The Morgan fingerprint density at radius 3 is 2.50 bits per heavy atom. The van der Waals surface area contributed by atoms with Gasteiger partial charge in [0.25, 0.3) is 5.97 Å². The average Bonchev–Trinajstić information content (AvgIpc) is 1.90. The molecule has 0 aromatic heterocycles. The molecule has 0 fully saturated rings. The molecule has 58 valence electrons. The minimum absolute atomic E-state index is 0.833. The fourth-order valence-electron chi connectivity index (χ4n) is 0.466. The lowest BCUT2D eigenvalue weighted by Crippen LogP contribution is -2.17. The van der Waals surface area contributed by atoms with E-state index in [-0.39, 0.29) is 0 Å². The highest BCUT2D eigenvalue weighted by molar-refractivity contribution is 5.62. The van der Waals surface area contributed by atoms with E-state index in [0.717, 1.165) is 20.0 Å². The molecule has 4 heteroatoms. The van der Waals surface area contributed by atoms with Gasteiger partial charge >= 0.3 is 0 Å². The first-order valence-corrected chi connectivity index (χ1v) is 3.14. The molecule has 4 nitrogen and oxygen atoms in total. The number of carbonyl (C=O) groups is 1. The molecule has 0 spiro atoms. The van der Waals surface area contributed by atoms with Crippen LogP contribution in [0.25, 0.3) is 0 Å². The molecule has 0 atom stereocenters. The molecule has 1 aliphatic heterocycles. The van der Waals surface area contributed by atoms with Crippen LogP contribution in [0.2, 0.25) is 0 Å². The van der Waals surface area contributed by atoms with Crippen molar-refractivity contribution >= 4 is 12.3 Å². The van der Waals surface area contributed by atoms with Crippen LogP contribution in [0, 0.1) is 0 Å². The summed E-state index contributed by atoms with van der Waals surface area (Å²) >= 11 is 0. The fraction of sp³-hybridized carbons (Fsp3) is 0.667. The molecule has 0 aliphatic carbocycles. The van der Waals surface area contributed by atoms with Crippen LogP contribution in [0.1, 0.15) is 13.3 Å². The number of hydrogen-bond acceptors (Lipinski definition) is 3. The fourth-order valence-corrected chi connectivity index (χ4v) is 0.466. The first-order chi connectivity index (χ1) is 4.73. The summed E-state index contributed by atoms with van der Waals surface area (Å²) in [4.78, 5) is 12.9. The van der Waals surface area contributed by atoms with Gasteiger partial charge in [0.15, 0.2) is 0 Å². The molecule has 10 heavy (non-hydrogen) atoms. The lowest BCUT2D eigenvalue weighted by molar-refractivity contribution is -0.134. The van der Waals surface area contributed by atoms with E-state index < -0.39 is 5.97 Å². The van der Waals surface area contributed by atoms with Gasteiger partial charge in [-0.15, -0.1) is 0 Å². The number of nitrogens with one attached hydrogen (secondary N) is 1. The largest absolute Gasteiger partial charge is 0.481 e. The van der Waals surface area contributed by atoms with Crippen molar-refractivity contribution in [3.63, 3.8) is 0 Å². The van der Waals surface area contributed by atoms with Crippen molar-refractivity contribution in [2.45, 2.75) is 13.3 Å². The number of carboxylic acids is 1. The highest BCUT2D eigenvalue weighted by Gasteiger charge is 1.85. The van der Waals surface area contributed by atoms with Gasteiger partial charge in [-0.2, -0.15) is 0 Å². The predicted molar refractivity (Wildman–Crippen MR) is 39.3 cm³/mol. The summed E-state index contributed by atoms with van der Waals surface area (Å²) in [5.74, 6) is -0.833. The molecule has 0 radical (unpaired) electrons. The van der Waals surface area contributed by atoms with E-state index in [1.165, 1.54) is 6.42 Å². The van der Waals surface area contributed by atoms with Crippen molar-refractivity contribution in [2.24, 2.45) is 4.99 Å². The number of hydrogen-bond donors (Lipinski definition) is 2. The number of aliphatic imine (C=N–C) groups is 1. The molecule has 0 aromatic rings. The molecule has 0 amide bonds. The van der Waals surface area contributed by atoms with E-state index in [1.54, 1.807) is 6.34 Å². The summed E-state index contributed by atoms with van der Waals surface area (Å²) in [5.41, 5.74) is 0. The van der Waals surface area contributed by atoms with Crippen molar-refractivity contribution in [2.75, 3.05) is 13.1 Å². The SMILES string of the molecule is C1=NCCCN1.CC(=O)O. The maximum atomic E-state index is 9.00. The molecule has 0 aromatic carbocycles.